The summed E-state index contributed by atoms with van der Waals surface area (Å²) in [6.45, 7) is 4.15. The first-order chi connectivity index (χ1) is 11.5. The number of hydrogen-bond acceptors (Lipinski definition) is 3. The molecule has 1 heterocycles. The molecule has 0 atom stereocenters. The van der Waals surface area contributed by atoms with Crippen molar-refractivity contribution < 1.29 is 14.7 Å². The largest absolute Gasteiger partial charge is 0.380 e. The first-order valence-electron chi connectivity index (χ1n) is 8.83. The highest BCUT2D eigenvalue weighted by Gasteiger charge is 2.42. The van der Waals surface area contributed by atoms with Crippen LogP contribution in [0.2, 0.25) is 0 Å². The van der Waals surface area contributed by atoms with Crippen molar-refractivity contribution in [3.63, 3.8) is 0 Å². The predicted molar refractivity (Wildman–Crippen MR) is 91.5 cm³/mol. The molecule has 24 heavy (non-hydrogen) atoms. The number of aryl methyl sites for hydroxylation is 1. The molecule has 0 spiro atoms. The number of piperazine rings is 1. The molecule has 3 rings (SSSR count). The van der Waals surface area contributed by atoms with Gasteiger partial charge in [-0.25, -0.2) is 0 Å². The maximum Gasteiger partial charge on any atom is 0.254 e. The lowest BCUT2D eigenvalue weighted by atomic mass is 10.00. The highest BCUT2D eigenvalue weighted by Crippen LogP contribution is 2.31. The minimum Gasteiger partial charge on any atom is -0.380 e. The lowest BCUT2D eigenvalue weighted by Crippen LogP contribution is -2.56. The number of carbonyl (C=O) groups excluding carboxylic acids is 2. The third-order valence-corrected chi connectivity index (χ3v) is 5.22. The number of nitrogens with zero attached hydrogens (tertiary/aromatic N) is 2. The van der Waals surface area contributed by atoms with Crippen LogP contribution in [0.4, 0.5) is 0 Å². The van der Waals surface area contributed by atoms with Crippen molar-refractivity contribution >= 4 is 11.8 Å². The van der Waals surface area contributed by atoms with E-state index < -0.39 is 5.60 Å². The average Bonchev–Trinajstić information content (AvgIpc) is 3.04. The quantitative estimate of drug-likeness (QED) is 0.914. The fourth-order valence-electron chi connectivity index (χ4n) is 3.62. The molecule has 5 nitrogen and oxygen atoms in total. The third-order valence-electron chi connectivity index (χ3n) is 5.22. The predicted octanol–water partition coefficient (Wildman–Crippen LogP) is 1.51. The van der Waals surface area contributed by atoms with Crippen LogP contribution in [0.15, 0.2) is 24.3 Å². The molecule has 2 aliphatic rings. The smallest absolute Gasteiger partial charge is 0.254 e. The van der Waals surface area contributed by atoms with Gasteiger partial charge in [0.1, 0.15) is 5.60 Å². The summed E-state index contributed by atoms with van der Waals surface area (Å²) in [5.41, 5.74) is 1.04. The third kappa shape index (κ3) is 3.61. The fraction of sp³-hybridized carbons (Fsp3) is 0.579. The van der Waals surface area contributed by atoms with E-state index in [2.05, 4.69) is 0 Å². The van der Waals surface area contributed by atoms with Crippen LogP contribution in [0.1, 0.15) is 36.8 Å². The van der Waals surface area contributed by atoms with Crippen molar-refractivity contribution in [2.24, 2.45) is 0 Å². The monoisotopic (exact) mass is 330 g/mol. The van der Waals surface area contributed by atoms with E-state index in [1.807, 2.05) is 36.1 Å². The van der Waals surface area contributed by atoms with Gasteiger partial charge in [-0.15, -0.1) is 0 Å². The van der Waals surface area contributed by atoms with Crippen LogP contribution in [-0.2, 0) is 16.0 Å². The van der Waals surface area contributed by atoms with Crippen molar-refractivity contribution in [2.75, 3.05) is 26.2 Å². The van der Waals surface area contributed by atoms with E-state index in [1.54, 1.807) is 4.90 Å². The first kappa shape index (κ1) is 17.0. The molecule has 2 fully saturated rings. The molecule has 1 aromatic rings. The average molecular weight is 330 g/mol. The van der Waals surface area contributed by atoms with E-state index in [0.717, 1.165) is 18.4 Å². The summed E-state index contributed by atoms with van der Waals surface area (Å²) in [7, 11) is 0. The van der Waals surface area contributed by atoms with Gasteiger partial charge in [0.2, 0.25) is 5.91 Å². The van der Waals surface area contributed by atoms with Crippen LogP contribution in [0.3, 0.4) is 0 Å². The SMILES string of the molecule is Cc1ccc(CC(=O)N2CCN(C(=O)C3(O)CCCC3)CC2)cc1. The summed E-state index contributed by atoms with van der Waals surface area (Å²) < 4.78 is 0. The van der Waals surface area contributed by atoms with Crippen molar-refractivity contribution in [3.8, 4) is 0 Å². The van der Waals surface area contributed by atoms with Crippen molar-refractivity contribution in [1.82, 2.24) is 9.80 Å². The summed E-state index contributed by atoms with van der Waals surface area (Å²) in [5, 5.41) is 10.4. The Hall–Kier alpha value is -1.88. The zero-order valence-corrected chi connectivity index (χ0v) is 14.3. The van der Waals surface area contributed by atoms with Crippen LogP contribution in [0.25, 0.3) is 0 Å². The number of rotatable bonds is 3. The van der Waals surface area contributed by atoms with Crippen molar-refractivity contribution in [2.45, 2.75) is 44.6 Å². The van der Waals surface area contributed by atoms with Crippen molar-refractivity contribution in [1.29, 1.82) is 0 Å². The van der Waals surface area contributed by atoms with Gasteiger partial charge in [0.15, 0.2) is 0 Å². The molecule has 0 bridgehead atoms. The van der Waals surface area contributed by atoms with Gasteiger partial charge in [0.25, 0.3) is 5.91 Å². The minimum absolute atomic E-state index is 0.102. The lowest BCUT2D eigenvalue weighted by Gasteiger charge is -2.38. The second-order valence-electron chi connectivity index (χ2n) is 7.07. The van der Waals surface area contributed by atoms with Gasteiger partial charge in [-0.05, 0) is 38.2 Å². The van der Waals surface area contributed by atoms with Crippen LogP contribution in [0, 0.1) is 6.92 Å². The van der Waals surface area contributed by atoms with Crippen LogP contribution in [0.5, 0.6) is 0 Å². The van der Waals surface area contributed by atoms with Gasteiger partial charge in [-0.3, -0.25) is 9.59 Å². The minimum atomic E-state index is -1.16. The topological polar surface area (TPSA) is 60.9 Å². The molecule has 0 aromatic heterocycles. The number of benzene rings is 1. The highest BCUT2D eigenvalue weighted by molar-refractivity contribution is 5.86. The Morgan fingerprint density at radius 1 is 1.00 bits per heavy atom. The molecule has 0 unspecified atom stereocenters. The summed E-state index contributed by atoms with van der Waals surface area (Å²) in [6.07, 6.45) is 3.36. The molecular formula is C19H26N2O3. The fourth-order valence-corrected chi connectivity index (χ4v) is 3.62. The van der Waals surface area contributed by atoms with Gasteiger partial charge in [0.05, 0.1) is 6.42 Å². The number of aliphatic hydroxyl groups is 1. The summed E-state index contributed by atoms with van der Waals surface area (Å²) in [6, 6.07) is 8.01. The molecule has 130 valence electrons. The van der Waals surface area contributed by atoms with E-state index in [9.17, 15) is 14.7 Å². The molecule has 5 heteroatoms. The summed E-state index contributed by atoms with van der Waals surface area (Å²) in [5.74, 6) is -0.0452. The van der Waals surface area contributed by atoms with Crippen LogP contribution >= 0.6 is 0 Å². The van der Waals surface area contributed by atoms with Gasteiger partial charge < -0.3 is 14.9 Å². The van der Waals surface area contributed by atoms with Crippen LogP contribution in [-0.4, -0.2) is 58.5 Å². The number of amides is 2. The molecule has 1 aliphatic heterocycles. The molecule has 1 saturated heterocycles. The molecule has 1 aromatic carbocycles. The Labute approximate surface area is 143 Å². The lowest BCUT2D eigenvalue weighted by molar-refractivity contribution is -0.154. The zero-order valence-electron chi connectivity index (χ0n) is 14.3. The van der Waals surface area contributed by atoms with E-state index in [-0.39, 0.29) is 11.8 Å². The summed E-state index contributed by atoms with van der Waals surface area (Å²) in [4.78, 5) is 28.5. The first-order valence-corrected chi connectivity index (χ1v) is 8.83. The Morgan fingerprint density at radius 2 is 1.54 bits per heavy atom. The van der Waals surface area contributed by atoms with Gasteiger partial charge in [-0.1, -0.05) is 29.8 Å². The molecule has 1 saturated carbocycles. The zero-order chi connectivity index (χ0) is 17.2. The summed E-state index contributed by atoms with van der Waals surface area (Å²) >= 11 is 0. The maximum absolute atomic E-state index is 12.5. The highest BCUT2D eigenvalue weighted by atomic mass is 16.3. The van der Waals surface area contributed by atoms with Crippen LogP contribution < -0.4 is 0 Å². The molecule has 0 radical (unpaired) electrons. The van der Waals surface area contributed by atoms with Gasteiger partial charge in [0, 0.05) is 26.2 Å². The maximum atomic E-state index is 12.5. The Balaban J connectivity index is 1.52. The Bertz CT molecular complexity index is 598. The van der Waals surface area contributed by atoms with E-state index >= 15 is 0 Å². The Morgan fingerprint density at radius 3 is 2.12 bits per heavy atom. The molecular weight excluding hydrogens is 304 g/mol. The van der Waals surface area contributed by atoms with Gasteiger partial charge in [-0.2, -0.15) is 0 Å². The second-order valence-corrected chi connectivity index (χ2v) is 7.07. The number of carbonyl (C=O) groups is 2. The second kappa shape index (κ2) is 6.93. The standard InChI is InChI=1S/C19H26N2O3/c1-15-4-6-16(7-5-15)14-17(22)20-10-12-21(13-11-20)18(23)19(24)8-2-3-9-19/h4-7,24H,2-3,8-14H2,1H3. The molecule has 1 aliphatic carbocycles. The molecule has 2 amide bonds. The van der Waals surface area contributed by atoms with E-state index in [1.165, 1.54) is 5.56 Å². The van der Waals surface area contributed by atoms with E-state index in [4.69, 9.17) is 0 Å². The van der Waals surface area contributed by atoms with Gasteiger partial charge >= 0.3 is 0 Å². The van der Waals surface area contributed by atoms with Crippen molar-refractivity contribution in [3.05, 3.63) is 35.4 Å². The molecule has 1 N–H and O–H groups in total. The number of hydrogen-bond donors (Lipinski definition) is 1. The normalized spacial score (nSPS) is 20.2. The van der Waals surface area contributed by atoms with E-state index in [0.29, 0.717) is 45.4 Å². The Kier molecular flexibility index (Phi) is 4.90.